The van der Waals surface area contributed by atoms with Crippen LogP contribution in [0.2, 0.25) is 0 Å². The van der Waals surface area contributed by atoms with Crippen LogP contribution in [-0.4, -0.2) is 106 Å². The first-order valence-corrected chi connectivity index (χ1v) is 16.4. The number of ether oxygens (including phenoxy) is 1. The largest absolute Gasteiger partial charge is 0.465 e. The van der Waals surface area contributed by atoms with Crippen LogP contribution in [0.4, 0.5) is 17.1 Å². The Morgan fingerprint density at radius 2 is 1.63 bits per heavy atom. The summed E-state index contributed by atoms with van der Waals surface area (Å²) < 4.78 is 31.7. The maximum absolute atomic E-state index is 13.2. The van der Waals surface area contributed by atoms with E-state index in [9.17, 15) is 22.8 Å². The van der Waals surface area contributed by atoms with Crippen LogP contribution in [0.15, 0.2) is 77.8 Å². The van der Waals surface area contributed by atoms with Gasteiger partial charge in [-0.1, -0.05) is 36.4 Å². The molecule has 0 spiro atoms. The van der Waals surface area contributed by atoms with E-state index in [1.807, 2.05) is 54.6 Å². The highest BCUT2D eigenvalue weighted by atomic mass is 32.2. The van der Waals surface area contributed by atoms with Crippen molar-refractivity contribution in [3.05, 3.63) is 89.5 Å². The minimum atomic E-state index is -3.66. The number of likely N-dealkylation sites (N-methyl/N-ethyl adjacent to an activating group) is 2. The average Bonchev–Trinajstić information content (AvgIpc) is 3.39. The molecule has 2 heterocycles. The molecule has 1 unspecified atom stereocenters. The normalized spacial score (nSPS) is 16.9. The van der Waals surface area contributed by atoms with E-state index < -0.39 is 22.0 Å². The predicted molar refractivity (Wildman–Crippen MR) is 178 cm³/mol. The first-order chi connectivity index (χ1) is 21.9. The molecule has 1 saturated heterocycles. The van der Waals surface area contributed by atoms with Gasteiger partial charge >= 0.3 is 5.97 Å². The van der Waals surface area contributed by atoms with Crippen LogP contribution in [0.3, 0.4) is 0 Å². The molecule has 3 aromatic carbocycles. The smallest absolute Gasteiger partial charge is 0.337 e. The lowest BCUT2D eigenvalue weighted by Crippen LogP contribution is -2.48. The number of rotatable bonds is 8. The fourth-order valence-electron chi connectivity index (χ4n) is 5.02. The second kappa shape index (κ2) is 15.2. The van der Waals surface area contributed by atoms with Gasteiger partial charge in [-0.25, -0.2) is 4.79 Å². The molecular weight excluding hydrogens is 610 g/mol. The van der Waals surface area contributed by atoms with Crippen LogP contribution >= 0.6 is 0 Å². The number of fused-ring (bicyclic) bond motifs is 1. The molecule has 2 aliphatic heterocycles. The average molecular weight is 650 g/mol. The molecule has 2 amide bonds. The molecule has 46 heavy (non-hydrogen) atoms. The van der Waals surface area contributed by atoms with Gasteiger partial charge in [0.05, 0.1) is 36.4 Å². The summed E-state index contributed by atoms with van der Waals surface area (Å²) >= 11 is 0. The Kier molecular flexibility index (Phi) is 11.4. The van der Waals surface area contributed by atoms with Crippen LogP contribution in [0.5, 0.6) is 0 Å². The van der Waals surface area contributed by atoms with Gasteiger partial charge in [-0.3, -0.25) is 24.0 Å². The molecule has 13 heteroatoms. The summed E-state index contributed by atoms with van der Waals surface area (Å²) in [5.41, 5.74) is 4.52. The van der Waals surface area contributed by atoms with Crippen LogP contribution in [0, 0.1) is 0 Å². The van der Waals surface area contributed by atoms with Crippen molar-refractivity contribution in [3.8, 4) is 0 Å². The number of amides is 2. The van der Waals surface area contributed by atoms with E-state index in [-0.39, 0.29) is 17.6 Å². The minimum absolute atomic E-state index is 0.0383. The van der Waals surface area contributed by atoms with E-state index in [2.05, 4.69) is 22.2 Å². The molecule has 0 radical (unpaired) electrons. The Morgan fingerprint density at radius 1 is 1.00 bits per heavy atom. The van der Waals surface area contributed by atoms with Crippen molar-refractivity contribution in [2.24, 2.45) is 4.99 Å². The molecule has 0 bridgehead atoms. The summed E-state index contributed by atoms with van der Waals surface area (Å²) in [6.45, 7) is 5.44. The molecular formula is C33H39N5O7S. The zero-order valence-electron chi connectivity index (χ0n) is 26.3. The fraction of sp³-hybridized carbons (Fsp3) is 0.333. The first kappa shape index (κ1) is 34.4. The first-order valence-electron chi connectivity index (χ1n) is 14.8. The summed E-state index contributed by atoms with van der Waals surface area (Å²) in [6, 6.07) is 22.1. The number of carbonyl (C=O) groups is 3. The third kappa shape index (κ3) is 8.85. The number of hydrogen-bond acceptors (Lipinski definition) is 9. The SMILES string of the molecule is CCS(=O)(=O)O.COC(=O)c1ccc2c(c1)NC(=O)C2C(=Nc1ccc(N(C)C(=O)CN2CCN(C)CC2)cc1)c1ccccc1. The summed E-state index contributed by atoms with van der Waals surface area (Å²) in [7, 11) is 1.54. The number of nitrogens with one attached hydrogen (secondary N) is 1. The van der Waals surface area contributed by atoms with E-state index in [1.165, 1.54) is 14.0 Å². The molecule has 0 aromatic heterocycles. The van der Waals surface area contributed by atoms with Crippen molar-refractivity contribution in [2.45, 2.75) is 12.8 Å². The molecule has 1 atom stereocenters. The van der Waals surface area contributed by atoms with Gasteiger partial charge in [0.25, 0.3) is 10.1 Å². The Bertz CT molecular complexity index is 1690. The maximum atomic E-state index is 13.2. The summed E-state index contributed by atoms with van der Waals surface area (Å²) in [5.74, 6) is -1.50. The summed E-state index contributed by atoms with van der Waals surface area (Å²) in [6.07, 6.45) is 0. The Labute approximate surface area is 269 Å². The molecule has 2 N–H and O–H groups in total. The quantitative estimate of drug-likeness (QED) is 0.213. The number of nitrogens with zero attached hydrogens (tertiary/aromatic N) is 4. The van der Waals surface area contributed by atoms with Crippen LogP contribution in [0.25, 0.3) is 0 Å². The lowest BCUT2D eigenvalue weighted by Gasteiger charge is -2.32. The maximum Gasteiger partial charge on any atom is 0.337 e. The predicted octanol–water partition coefficient (Wildman–Crippen LogP) is 3.43. The minimum Gasteiger partial charge on any atom is -0.465 e. The summed E-state index contributed by atoms with van der Waals surface area (Å²) in [4.78, 5) is 49.2. The Balaban J connectivity index is 0.000000731. The lowest BCUT2D eigenvalue weighted by atomic mass is 9.90. The second-order valence-corrected chi connectivity index (χ2v) is 12.7. The van der Waals surface area contributed by atoms with Crippen molar-refractivity contribution in [1.29, 1.82) is 0 Å². The monoisotopic (exact) mass is 649 g/mol. The molecule has 2 aliphatic rings. The molecule has 244 valence electrons. The van der Waals surface area contributed by atoms with Gasteiger partial charge in [0.2, 0.25) is 11.8 Å². The molecule has 0 saturated carbocycles. The third-order valence-corrected chi connectivity index (χ3v) is 8.56. The molecule has 5 rings (SSSR count). The van der Waals surface area contributed by atoms with Gasteiger partial charge in [-0.2, -0.15) is 8.42 Å². The lowest BCUT2D eigenvalue weighted by molar-refractivity contribution is -0.120. The zero-order valence-corrected chi connectivity index (χ0v) is 27.2. The van der Waals surface area contributed by atoms with Crippen LogP contribution in [0.1, 0.15) is 34.3 Å². The van der Waals surface area contributed by atoms with Crippen molar-refractivity contribution >= 4 is 50.7 Å². The number of methoxy groups -OCH3 is 1. The van der Waals surface area contributed by atoms with Crippen LogP contribution in [-0.2, 0) is 24.4 Å². The number of piperazine rings is 1. The fourth-order valence-corrected chi connectivity index (χ4v) is 5.02. The number of hydrogen-bond donors (Lipinski definition) is 2. The molecule has 3 aromatic rings. The Hall–Kier alpha value is -4.43. The van der Waals surface area contributed by atoms with Crippen molar-refractivity contribution in [2.75, 3.05) is 69.9 Å². The number of aliphatic imine (C=N–C) groups is 1. The van der Waals surface area contributed by atoms with Crippen molar-refractivity contribution in [3.63, 3.8) is 0 Å². The van der Waals surface area contributed by atoms with Crippen molar-refractivity contribution < 1.29 is 32.1 Å². The highest BCUT2D eigenvalue weighted by Gasteiger charge is 2.36. The second-order valence-electron chi connectivity index (χ2n) is 11.0. The van der Waals surface area contributed by atoms with Crippen molar-refractivity contribution in [1.82, 2.24) is 9.80 Å². The highest BCUT2D eigenvalue weighted by molar-refractivity contribution is 7.85. The number of carbonyl (C=O) groups excluding carboxylic acids is 3. The molecule has 1 fully saturated rings. The van der Waals surface area contributed by atoms with Gasteiger partial charge in [-0.05, 0) is 61.5 Å². The third-order valence-electron chi connectivity index (χ3n) is 7.83. The van der Waals surface area contributed by atoms with E-state index in [0.29, 0.717) is 29.2 Å². The van der Waals surface area contributed by atoms with Gasteiger partial charge in [0.1, 0.15) is 5.92 Å². The van der Waals surface area contributed by atoms with Crippen LogP contribution < -0.4 is 10.2 Å². The number of esters is 1. The topological polar surface area (TPSA) is 149 Å². The molecule has 12 nitrogen and oxygen atoms in total. The zero-order chi connectivity index (χ0) is 33.4. The number of anilines is 2. The van der Waals surface area contributed by atoms with E-state index in [4.69, 9.17) is 14.3 Å². The van der Waals surface area contributed by atoms with Gasteiger partial charge in [-0.15, -0.1) is 0 Å². The summed E-state index contributed by atoms with van der Waals surface area (Å²) in [5, 5.41) is 2.90. The standard InChI is InChI=1S/C31H33N5O4.C2H6O3S/c1-34-15-17-36(18-16-34)20-27(37)35(2)24-12-10-23(11-13-24)32-29(21-7-5-4-6-8-21)28-25-14-9-22(31(39)40-3)19-26(25)33-30(28)38;1-2-6(3,4)5/h4-14,19,28H,15-18,20H2,1-3H3,(H,33,38);2H2,1H3,(H,3,4,5). The van der Waals surface area contributed by atoms with E-state index in [1.54, 1.807) is 30.1 Å². The highest BCUT2D eigenvalue weighted by Crippen LogP contribution is 2.37. The van der Waals surface area contributed by atoms with Gasteiger partial charge in [0, 0.05) is 44.6 Å². The number of benzene rings is 3. The van der Waals surface area contributed by atoms with Gasteiger partial charge in [0.15, 0.2) is 0 Å². The van der Waals surface area contributed by atoms with E-state index in [0.717, 1.165) is 43.0 Å². The van der Waals surface area contributed by atoms with E-state index >= 15 is 0 Å². The molecule has 0 aliphatic carbocycles. The van der Waals surface area contributed by atoms with Gasteiger partial charge < -0.3 is 19.9 Å². The Morgan fingerprint density at radius 3 is 2.22 bits per heavy atom.